The van der Waals surface area contributed by atoms with Crippen LogP contribution in [0, 0.1) is 0 Å². The normalized spacial score (nSPS) is 11.9. The second-order valence-corrected chi connectivity index (χ2v) is 9.64. The number of aromatic amines is 1. The molecule has 0 fully saturated rings. The average molecular weight is 519 g/mol. The molecular weight excluding hydrogens is 496 g/mol. The molecule has 0 aliphatic heterocycles. The number of fused-ring (bicyclic) bond motifs is 2. The lowest BCUT2D eigenvalue weighted by molar-refractivity contribution is -0.123. The van der Waals surface area contributed by atoms with Gasteiger partial charge in [-0.15, -0.1) is 11.3 Å². The Hall–Kier alpha value is -4.82. The predicted octanol–water partition coefficient (Wildman–Crippen LogP) is 6.69. The van der Waals surface area contributed by atoms with Gasteiger partial charge in [0.1, 0.15) is 5.82 Å². The van der Waals surface area contributed by atoms with Crippen LogP contribution >= 0.6 is 11.3 Å². The van der Waals surface area contributed by atoms with Crippen LogP contribution in [0.2, 0.25) is 0 Å². The minimum Gasteiger partial charge on any atom is -0.449 e. The number of hydrogen-bond acceptors (Lipinski definition) is 6. The van der Waals surface area contributed by atoms with E-state index < -0.39 is 18.0 Å². The first-order valence-electron chi connectivity index (χ1n) is 12.1. The van der Waals surface area contributed by atoms with Gasteiger partial charge in [-0.25, -0.2) is 14.8 Å². The molecule has 4 aromatic carbocycles. The highest BCUT2D eigenvalue weighted by molar-refractivity contribution is 7.14. The zero-order valence-electron chi connectivity index (χ0n) is 20.3. The molecule has 2 heterocycles. The number of rotatable bonds is 6. The molecule has 0 bridgehead atoms. The second kappa shape index (κ2) is 9.91. The quantitative estimate of drug-likeness (QED) is 0.239. The molecule has 0 saturated carbocycles. The van der Waals surface area contributed by atoms with Crippen molar-refractivity contribution in [1.29, 1.82) is 0 Å². The van der Waals surface area contributed by atoms with Crippen molar-refractivity contribution in [2.45, 2.75) is 13.0 Å². The van der Waals surface area contributed by atoms with Gasteiger partial charge >= 0.3 is 5.97 Å². The number of anilines is 1. The van der Waals surface area contributed by atoms with Gasteiger partial charge < -0.3 is 9.72 Å². The monoisotopic (exact) mass is 518 g/mol. The number of aromatic nitrogens is 3. The molecule has 186 valence electrons. The van der Waals surface area contributed by atoms with Crippen molar-refractivity contribution in [2.75, 3.05) is 5.32 Å². The summed E-state index contributed by atoms with van der Waals surface area (Å²) in [4.78, 5) is 38.3. The number of benzene rings is 4. The van der Waals surface area contributed by atoms with E-state index in [2.05, 4.69) is 38.5 Å². The maximum Gasteiger partial charge on any atom is 0.339 e. The number of nitrogens with zero attached hydrogens (tertiary/aromatic N) is 2. The second-order valence-electron chi connectivity index (χ2n) is 8.78. The molecule has 0 aliphatic carbocycles. The Balaban J connectivity index is 1.15. The van der Waals surface area contributed by atoms with Gasteiger partial charge in [0.25, 0.3) is 5.91 Å². The van der Waals surface area contributed by atoms with E-state index >= 15 is 0 Å². The van der Waals surface area contributed by atoms with Gasteiger partial charge in [0.15, 0.2) is 11.2 Å². The zero-order chi connectivity index (χ0) is 26.1. The van der Waals surface area contributed by atoms with E-state index in [1.807, 2.05) is 60.0 Å². The highest BCUT2D eigenvalue weighted by Gasteiger charge is 2.23. The fraction of sp³-hybridized carbons (Fsp3) is 0.0667. The minimum atomic E-state index is -1.03. The summed E-state index contributed by atoms with van der Waals surface area (Å²) < 4.78 is 5.53. The maximum atomic E-state index is 13.1. The van der Waals surface area contributed by atoms with E-state index in [1.165, 1.54) is 18.3 Å². The largest absolute Gasteiger partial charge is 0.449 e. The third kappa shape index (κ3) is 4.65. The van der Waals surface area contributed by atoms with Gasteiger partial charge in [-0.3, -0.25) is 10.1 Å². The number of H-pyrrole nitrogens is 1. The predicted molar refractivity (Wildman–Crippen MR) is 150 cm³/mol. The minimum absolute atomic E-state index is 0.319. The Labute approximate surface area is 222 Å². The smallest absolute Gasteiger partial charge is 0.339 e. The number of thiazole rings is 1. The van der Waals surface area contributed by atoms with Gasteiger partial charge in [0.05, 0.1) is 22.3 Å². The lowest BCUT2D eigenvalue weighted by atomic mass is 10.1. The van der Waals surface area contributed by atoms with E-state index in [4.69, 9.17) is 4.74 Å². The SMILES string of the molecule is CC(OC(=O)c1ccccc1-c1nc2ccccc2[nH]1)C(=O)Nc1nc(-c2ccc3ccccc3c2)cs1. The summed E-state index contributed by atoms with van der Waals surface area (Å²) in [5.74, 6) is -0.515. The van der Waals surface area contributed by atoms with Crippen LogP contribution in [0.1, 0.15) is 17.3 Å². The van der Waals surface area contributed by atoms with E-state index in [1.54, 1.807) is 18.2 Å². The van der Waals surface area contributed by atoms with E-state index in [0.717, 1.165) is 33.1 Å². The van der Waals surface area contributed by atoms with Gasteiger partial charge in [-0.2, -0.15) is 0 Å². The number of para-hydroxylation sites is 2. The van der Waals surface area contributed by atoms with Crippen LogP contribution in [-0.4, -0.2) is 32.9 Å². The molecule has 6 rings (SSSR count). The number of nitrogens with one attached hydrogen (secondary N) is 2. The van der Waals surface area contributed by atoms with Crippen molar-refractivity contribution in [1.82, 2.24) is 15.0 Å². The molecule has 0 spiro atoms. The molecule has 6 aromatic rings. The fourth-order valence-corrected chi connectivity index (χ4v) is 4.97. The number of carbonyl (C=O) groups excluding carboxylic acids is 2. The molecule has 0 radical (unpaired) electrons. The zero-order valence-corrected chi connectivity index (χ0v) is 21.2. The first-order chi connectivity index (χ1) is 18.5. The Morgan fingerprint density at radius 2 is 1.66 bits per heavy atom. The number of esters is 1. The van der Waals surface area contributed by atoms with Crippen molar-refractivity contribution in [3.05, 3.63) is 102 Å². The average Bonchev–Trinajstić information content (AvgIpc) is 3.60. The standard InChI is InChI=1S/C30H22N4O3S/c1-18(28(35)34-30-33-26(17-38-30)21-15-14-19-8-2-3-9-20(19)16-21)37-29(36)23-11-5-4-10-22(23)27-31-24-12-6-7-13-25(24)32-27/h2-18H,1H3,(H,31,32)(H,33,34,35). The lowest BCUT2D eigenvalue weighted by Crippen LogP contribution is -2.30. The summed E-state index contributed by atoms with van der Waals surface area (Å²) in [5, 5.41) is 7.35. The first kappa shape index (κ1) is 23.6. The van der Waals surface area contributed by atoms with Crippen LogP contribution in [0.4, 0.5) is 5.13 Å². The van der Waals surface area contributed by atoms with Crippen molar-refractivity contribution in [2.24, 2.45) is 0 Å². The number of ether oxygens (including phenoxy) is 1. The summed E-state index contributed by atoms with van der Waals surface area (Å²) in [6.45, 7) is 1.54. The fourth-order valence-electron chi connectivity index (χ4n) is 4.24. The Morgan fingerprint density at radius 1 is 0.895 bits per heavy atom. The van der Waals surface area contributed by atoms with Gasteiger partial charge in [-0.1, -0.05) is 66.7 Å². The topological polar surface area (TPSA) is 97.0 Å². The highest BCUT2D eigenvalue weighted by atomic mass is 32.1. The molecule has 2 N–H and O–H groups in total. The summed E-state index contributed by atoms with van der Waals surface area (Å²) in [7, 11) is 0. The van der Waals surface area contributed by atoms with Crippen molar-refractivity contribution in [3.8, 4) is 22.6 Å². The molecule has 1 unspecified atom stereocenters. The molecule has 38 heavy (non-hydrogen) atoms. The third-order valence-electron chi connectivity index (χ3n) is 6.22. The van der Waals surface area contributed by atoms with Crippen molar-refractivity contribution in [3.63, 3.8) is 0 Å². The first-order valence-corrected chi connectivity index (χ1v) is 12.9. The van der Waals surface area contributed by atoms with Gasteiger partial charge in [0.2, 0.25) is 0 Å². The lowest BCUT2D eigenvalue weighted by Gasteiger charge is -2.13. The number of carbonyl (C=O) groups is 2. The molecule has 0 aliphatic rings. The molecule has 7 nitrogen and oxygen atoms in total. The Morgan fingerprint density at radius 3 is 2.53 bits per heavy atom. The van der Waals surface area contributed by atoms with Crippen LogP contribution in [0.15, 0.2) is 96.4 Å². The molecule has 2 aromatic heterocycles. The molecule has 1 amide bonds. The van der Waals surface area contributed by atoms with Crippen LogP contribution in [0.25, 0.3) is 44.5 Å². The Bertz CT molecular complexity index is 1770. The van der Waals surface area contributed by atoms with Crippen molar-refractivity contribution < 1.29 is 14.3 Å². The summed E-state index contributed by atoms with van der Waals surface area (Å²) >= 11 is 1.32. The van der Waals surface area contributed by atoms with Crippen LogP contribution in [-0.2, 0) is 9.53 Å². The summed E-state index contributed by atoms with van der Waals surface area (Å²) in [6.07, 6.45) is -1.03. The molecule has 0 saturated heterocycles. The van der Waals surface area contributed by atoms with E-state index in [9.17, 15) is 9.59 Å². The number of hydrogen-bond donors (Lipinski definition) is 2. The van der Waals surface area contributed by atoms with Gasteiger partial charge in [0, 0.05) is 16.5 Å². The maximum absolute atomic E-state index is 13.1. The van der Waals surface area contributed by atoms with Crippen molar-refractivity contribution >= 4 is 50.2 Å². The molecular formula is C30H22N4O3S. The van der Waals surface area contributed by atoms with Crippen LogP contribution < -0.4 is 5.32 Å². The Kier molecular flexibility index (Phi) is 6.15. The third-order valence-corrected chi connectivity index (χ3v) is 6.98. The summed E-state index contributed by atoms with van der Waals surface area (Å²) in [6, 6.07) is 28.9. The van der Waals surface area contributed by atoms with Gasteiger partial charge in [-0.05, 0) is 42.0 Å². The van der Waals surface area contributed by atoms with Crippen LogP contribution in [0.3, 0.4) is 0 Å². The number of amides is 1. The van der Waals surface area contributed by atoms with E-state index in [0.29, 0.717) is 22.1 Å². The van der Waals surface area contributed by atoms with Crippen LogP contribution in [0.5, 0.6) is 0 Å². The molecule has 8 heteroatoms. The molecule has 1 atom stereocenters. The van der Waals surface area contributed by atoms with E-state index in [-0.39, 0.29) is 0 Å². The number of imidazole rings is 1. The highest BCUT2D eigenvalue weighted by Crippen LogP contribution is 2.28. The summed E-state index contributed by atoms with van der Waals surface area (Å²) in [5.41, 5.74) is 4.30.